The summed E-state index contributed by atoms with van der Waals surface area (Å²) in [6.07, 6.45) is 12.1. The highest BCUT2D eigenvalue weighted by molar-refractivity contribution is 8.00. The molecule has 8 fully saturated rings. The molecule has 11 unspecified atom stereocenters. The number of thioether (sulfide) groups is 1. The van der Waals surface area contributed by atoms with Gasteiger partial charge in [-0.15, -0.1) is 11.8 Å². The van der Waals surface area contributed by atoms with E-state index in [9.17, 15) is 42.0 Å². The Morgan fingerprint density at radius 2 is 1.68 bits per heavy atom. The second-order valence-corrected chi connectivity index (χ2v) is 22.6. The Kier molecular flexibility index (Phi) is 13.7. The lowest BCUT2D eigenvalue weighted by Crippen LogP contribution is -2.54. The molecule has 6 N–H and O–H groups in total. The van der Waals surface area contributed by atoms with Crippen molar-refractivity contribution in [2.45, 2.75) is 120 Å². The first kappa shape index (κ1) is 45.4. The summed E-state index contributed by atoms with van der Waals surface area (Å²) in [4.78, 5) is 93.2. The number of nitrogens with zero attached hydrogens (tertiary/aromatic N) is 3. The molecule has 0 bridgehead atoms. The molecule has 8 rings (SSSR count). The van der Waals surface area contributed by atoms with E-state index in [0.29, 0.717) is 56.7 Å². The highest BCUT2D eigenvalue weighted by Gasteiger charge is 2.58. The Labute approximate surface area is 368 Å². The summed E-state index contributed by atoms with van der Waals surface area (Å²) in [7, 11) is -1.46. The number of rotatable bonds is 14. The van der Waals surface area contributed by atoms with Gasteiger partial charge in [-0.25, -0.2) is 12.7 Å². The van der Waals surface area contributed by atoms with Gasteiger partial charge in [0, 0.05) is 63.5 Å². The van der Waals surface area contributed by atoms with Gasteiger partial charge in [-0.1, -0.05) is 12.8 Å². The molecule has 0 aromatic rings. The fraction of sp³-hybridized carbons (Fsp3) is 0.833. The van der Waals surface area contributed by atoms with Crippen LogP contribution in [0.3, 0.4) is 0 Å². The second kappa shape index (κ2) is 18.7. The summed E-state index contributed by atoms with van der Waals surface area (Å²) in [5.74, 6) is -0.803. The number of sulfonamides is 1. The van der Waals surface area contributed by atoms with Crippen LogP contribution in [0.1, 0.15) is 89.9 Å². The predicted octanol–water partition coefficient (Wildman–Crippen LogP) is -0.549. The van der Waals surface area contributed by atoms with Crippen LogP contribution in [0.15, 0.2) is 0 Å². The van der Waals surface area contributed by atoms with E-state index in [1.165, 1.54) is 17.1 Å². The Hall–Kier alpha value is -3.17. The van der Waals surface area contributed by atoms with Crippen LogP contribution in [-0.2, 0) is 43.6 Å². The van der Waals surface area contributed by atoms with Gasteiger partial charge in [0.1, 0.15) is 11.5 Å². The molecular formula is C42H65N9O9S2. The Bertz CT molecular complexity index is 1900. The third kappa shape index (κ3) is 9.74. The van der Waals surface area contributed by atoms with E-state index in [1.54, 1.807) is 11.8 Å². The third-order valence-electron chi connectivity index (χ3n) is 15.5. The molecule has 5 aliphatic heterocycles. The van der Waals surface area contributed by atoms with Gasteiger partial charge in [0.05, 0.1) is 36.0 Å². The first-order valence-corrected chi connectivity index (χ1v) is 25.8. The molecule has 11 atom stereocenters. The molecule has 344 valence electrons. The summed E-state index contributed by atoms with van der Waals surface area (Å²) >= 11 is 1.68. The molecule has 62 heavy (non-hydrogen) atoms. The maximum atomic E-state index is 14.1. The molecule has 20 heteroatoms. The summed E-state index contributed by atoms with van der Waals surface area (Å²) in [6, 6.07) is -0.470. The molecule has 18 nitrogen and oxygen atoms in total. The maximum absolute atomic E-state index is 14.1. The quantitative estimate of drug-likeness (QED) is 0.120. The van der Waals surface area contributed by atoms with Crippen molar-refractivity contribution in [3.05, 3.63) is 0 Å². The number of carbonyl (C=O) groups is 7. The number of hydrogen-bond acceptors (Lipinski definition) is 13. The number of piperidine rings is 2. The summed E-state index contributed by atoms with van der Waals surface area (Å²) in [5, 5.41) is 18.9. The van der Waals surface area contributed by atoms with Gasteiger partial charge in [0.2, 0.25) is 51.4 Å². The number of carbonyl (C=O) groups excluding carboxylic acids is 7. The number of imide groups is 2. The minimum Gasteiger partial charge on any atom is -0.347 e. The van der Waals surface area contributed by atoms with Crippen molar-refractivity contribution in [3.63, 3.8) is 0 Å². The SMILES string of the molecule is CN(CCNC1CCC2C(=O)N(C3CCC(=O)NC3=O)C(=O)C2C1)C(=O)C1(C2CC(C3CCCC(C4CSC(NC(=O)CNC(=O)C5CCN(S(C)(=O)=O)C5)N4)C3)CCN2)CC1. The number of likely N-dealkylation sites (N-methyl/N-ethyl adjacent to an activating group) is 1. The van der Waals surface area contributed by atoms with E-state index < -0.39 is 39.7 Å². The third-order valence-corrected chi connectivity index (χ3v) is 17.9. The number of nitrogens with one attached hydrogen (secondary N) is 6. The van der Waals surface area contributed by atoms with E-state index in [4.69, 9.17) is 0 Å². The lowest BCUT2D eigenvalue weighted by atomic mass is 9.68. The van der Waals surface area contributed by atoms with Crippen molar-refractivity contribution in [2.24, 2.45) is 40.9 Å². The van der Waals surface area contributed by atoms with Gasteiger partial charge >= 0.3 is 0 Å². The van der Waals surface area contributed by atoms with Crippen LogP contribution in [0, 0.1) is 40.9 Å². The second-order valence-electron chi connectivity index (χ2n) is 19.4. The lowest BCUT2D eigenvalue weighted by Gasteiger charge is -2.43. The molecule has 5 saturated heterocycles. The molecule has 7 amide bonds. The topological polar surface area (TPSA) is 236 Å². The van der Waals surface area contributed by atoms with Gasteiger partial charge in [0.15, 0.2) is 0 Å². The van der Waals surface area contributed by atoms with E-state index in [1.807, 2.05) is 11.9 Å². The molecule has 0 radical (unpaired) electrons. The maximum Gasteiger partial charge on any atom is 0.249 e. The molecule has 0 aromatic heterocycles. The molecule has 0 spiro atoms. The van der Waals surface area contributed by atoms with E-state index in [-0.39, 0.29) is 90.4 Å². The molecule has 3 saturated carbocycles. The van der Waals surface area contributed by atoms with Crippen molar-refractivity contribution in [3.8, 4) is 0 Å². The van der Waals surface area contributed by atoms with Gasteiger partial charge in [-0.2, -0.15) is 0 Å². The number of hydrogen-bond donors (Lipinski definition) is 6. The average molecular weight is 904 g/mol. The smallest absolute Gasteiger partial charge is 0.249 e. The molecule has 8 aliphatic rings. The highest BCUT2D eigenvalue weighted by Crippen LogP contribution is 2.54. The molecule has 5 heterocycles. The average Bonchev–Trinajstić information content (AvgIpc) is 3.53. The van der Waals surface area contributed by atoms with Crippen LogP contribution in [0.5, 0.6) is 0 Å². The first-order valence-electron chi connectivity index (χ1n) is 22.9. The van der Waals surface area contributed by atoms with Crippen molar-refractivity contribution < 1.29 is 42.0 Å². The van der Waals surface area contributed by atoms with Gasteiger partial charge in [-0.05, 0) is 94.9 Å². The van der Waals surface area contributed by atoms with E-state index in [0.717, 1.165) is 68.4 Å². The van der Waals surface area contributed by atoms with Gasteiger partial charge in [0.25, 0.3) is 0 Å². The normalized spacial score (nSPS) is 36.2. The zero-order valence-electron chi connectivity index (χ0n) is 36.0. The minimum atomic E-state index is -3.35. The van der Waals surface area contributed by atoms with Crippen LogP contribution in [0.25, 0.3) is 0 Å². The van der Waals surface area contributed by atoms with Crippen molar-refractivity contribution in [1.29, 1.82) is 0 Å². The largest absolute Gasteiger partial charge is 0.347 e. The van der Waals surface area contributed by atoms with Crippen LogP contribution in [0.4, 0.5) is 0 Å². The van der Waals surface area contributed by atoms with Crippen LogP contribution in [-0.4, -0.2) is 152 Å². The number of amides is 7. The fourth-order valence-corrected chi connectivity index (χ4v) is 14.0. The fourth-order valence-electron chi connectivity index (χ4n) is 11.8. The van der Waals surface area contributed by atoms with Crippen molar-refractivity contribution in [2.75, 3.05) is 58.3 Å². The van der Waals surface area contributed by atoms with Gasteiger partial charge < -0.3 is 26.2 Å². The minimum absolute atomic E-state index is 0.0247. The Morgan fingerprint density at radius 3 is 2.42 bits per heavy atom. The summed E-state index contributed by atoms with van der Waals surface area (Å²) < 4.78 is 24.9. The van der Waals surface area contributed by atoms with E-state index in [2.05, 4.69) is 31.9 Å². The Balaban J connectivity index is 0.754. The lowest BCUT2D eigenvalue weighted by molar-refractivity contribution is -0.151. The van der Waals surface area contributed by atoms with E-state index >= 15 is 0 Å². The number of likely N-dealkylation sites (tertiary alicyclic amines) is 1. The molecule has 3 aliphatic carbocycles. The molecule has 0 aromatic carbocycles. The van der Waals surface area contributed by atoms with Crippen molar-refractivity contribution in [1.82, 2.24) is 46.0 Å². The predicted molar refractivity (Wildman–Crippen MR) is 229 cm³/mol. The monoisotopic (exact) mass is 903 g/mol. The zero-order chi connectivity index (χ0) is 43.9. The summed E-state index contributed by atoms with van der Waals surface area (Å²) in [5.41, 5.74) is -0.610. The summed E-state index contributed by atoms with van der Waals surface area (Å²) in [6.45, 7) is 2.32. The Morgan fingerprint density at radius 1 is 0.919 bits per heavy atom. The van der Waals surface area contributed by atoms with Crippen molar-refractivity contribution >= 4 is 63.1 Å². The zero-order valence-corrected chi connectivity index (χ0v) is 37.7. The van der Waals surface area contributed by atoms with Crippen LogP contribution < -0.4 is 31.9 Å². The molecular weight excluding hydrogens is 839 g/mol. The van der Waals surface area contributed by atoms with Crippen LogP contribution in [0.2, 0.25) is 0 Å². The van der Waals surface area contributed by atoms with Crippen LogP contribution >= 0.6 is 11.8 Å². The highest BCUT2D eigenvalue weighted by atomic mass is 32.2. The first-order chi connectivity index (χ1) is 29.6. The van der Waals surface area contributed by atoms with Gasteiger partial charge in [-0.3, -0.25) is 49.1 Å². The standard InChI is InChI=1S/C42H65N9O9S2/c1-49(17-15-43-28-6-7-29-30(20-28)39(57)51(38(29)56)32-8-9-34(52)47-37(32)55)40(58)42(12-13-42)33-19-25(10-14-44-33)24-4-3-5-26(18-24)31-23-61-41(46-31)48-35(53)21-45-36(54)27-11-16-50(22-27)62(2,59)60/h24-33,41,43-44,46H,3-23H2,1-2H3,(H,45,54)(H,48,53)(H,47,52,55). The number of fused-ring (bicyclic) bond motifs is 1.